The van der Waals surface area contributed by atoms with Crippen LogP contribution in [-0.2, 0) is 26.2 Å². The molecule has 0 saturated heterocycles. The van der Waals surface area contributed by atoms with Gasteiger partial charge in [0, 0.05) is 18.7 Å². The van der Waals surface area contributed by atoms with Gasteiger partial charge in [-0.1, -0.05) is 42.7 Å². The first-order valence-corrected chi connectivity index (χ1v) is 16.1. The molecule has 236 valence electrons. The first kappa shape index (κ1) is 32.7. The average molecular weight is 624 g/mol. The summed E-state index contributed by atoms with van der Waals surface area (Å²) in [6.45, 7) is 3.10. The van der Waals surface area contributed by atoms with Crippen LogP contribution >= 0.6 is 0 Å². The van der Waals surface area contributed by atoms with Crippen LogP contribution in [0.4, 0.5) is 5.69 Å². The SMILES string of the molecule is COc1cccc(CN(C(=O)CN(c2ccc(C)cc2)S(=O)(=O)c2ccc(OC)c(OC)c2)C(C)C(=O)NC2CCCC2)c1. The van der Waals surface area contributed by atoms with E-state index in [1.54, 1.807) is 56.5 Å². The predicted molar refractivity (Wildman–Crippen MR) is 169 cm³/mol. The molecule has 0 aromatic heterocycles. The molecule has 4 rings (SSSR count). The molecule has 0 heterocycles. The summed E-state index contributed by atoms with van der Waals surface area (Å²) in [5, 5.41) is 3.08. The number of carbonyl (C=O) groups excluding carboxylic acids is 2. The van der Waals surface area contributed by atoms with Crippen molar-refractivity contribution in [3.63, 3.8) is 0 Å². The maximum absolute atomic E-state index is 14.2. The summed E-state index contributed by atoms with van der Waals surface area (Å²) in [5.41, 5.74) is 1.98. The van der Waals surface area contributed by atoms with Crippen LogP contribution in [-0.4, -0.2) is 65.1 Å². The number of amides is 2. The van der Waals surface area contributed by atoms with Gasteiger partial charge in [-0.05, 0) is 68.7 Å². The van der Waals surface area contributed by atoms with Gasteiger partial charge >= 0.3 is 0 Å². The Balaban J connectivity index is 1.72. The molecule has 0 radical (unpaired) electrons. The molecule has 11 heteroatoms. The number of ether oxygens (including phenoxy) is 3. The molecule has 0 spiro atoms. The number of anilines is 1. The summed E-state index contributed by atoms with van der Waals surface area (Å²) < 4.78 is 45.4. The van der Waals surface area contributed by atoms with Crippen LogP contribution in [0.15, 0.2) is 71.6 Å². The molecular formula is C33H41N3O7S. The molecule has 1 aliphatic carbocycles. The number of sulfonamides is 1. The van der Waals surface area contributed by atoms with E-state index in [0.29, 0.717) is 17.2 Å². The number of carbonyl (C=O) groups is 2. The topological polar surface area (TPSA) is 114 Å². The third-order valence-electron chi connectivity index (χ3n) is 7.90. The normalized spacial score (nSPS) is 14.0. The zero-order valence-electron chi connectivity index (χ0n) is 25.9. The molecule has 1 N–H and O–H groups in total. The van der Waals surface area contributed by atoms with Gasteiger partial charge < -0.3 is 24.4 Å². The van der Waals surface area contributed by atoms with E-state index in [0.717, 1.165) is 41.1 Å². The number of rotatable bonds is 13. The lowest BCUT2D eigenvalue weighted by atomic mass is 10.1. The van der Waals surface area contributed by atoms with Crippen LogP contribution in [0.1, 0.15) is 43.7 Å². The largest absolute Gasteiger partial charge is 0.497 e. The van der Waals surface area contributed by atoms with Gasteiger partial charge in [0.2, 0.25) is 11.8 Å². The molecule has 10 nitrogen and oxygen atoms in total. The van der Waals surface area contributed by atoms with Crippen molar-refractivity contribution in [2.45, 2.75) is 63.1 Å². The van der Waals surface area contributed by atoms with Gasteiger partial charge in [-0.15, -0.1) is 0 Å². The van der Waals surface area contributed by atoms with Crippen molar-refractivity contribution in [1.29, 1.82) is 0 Å². The number of benzene rings is 3. The van der Waals surface area contributed by atoms with Crippen molar-refractivity contribution >= 4 is 27.5 Å². The Bertz CT molecular complexity index is 1550. The lowest BCUT2D eigenvalue weighted by Gasteiger charge is -2.32. The van der Waals surface area contributed by atoms with E-state index in [-0.39, 0.29) is 29.1 Å². The average Bonchev–Trinajstić information content (AvgIpc) is 3.55. The third kappa shape index (κ3) is 7.63. The fourth-order valence-corrected chi connectivity index (χ4v) is 6.72. The van der Waals surface area contributed by atoms with E-state index < -0.39 is 28.5 Å². The van der Waals surface area contributed by atoms with Gasteiger partial charge in [0.1, 0.15) is 18.3 Å². The van der Waals surface area contributed by atoms with Gasteiger partial charge in [0.15, 0.2) is 11.5 Å². The van der Waals surface area contributed by atoms with Crippen molar-refractivity contribution in [2.75, 3.05) is 32.2 Å². The zero-order chi connectivity index (χ0) is 31.9. The van der Waals surface area contributed by atoms with E-state index in [1.165, 1.54) is 37.3 Å². The highest BCUT2D eigenvalue weighted by Gasteiger charge is 2.34. The van der Waals surface area contributed by atoms with Gasteiger partial charge in [0.05, 0.1) is 31.9 Å². The lowest BCUT2D eigenvalue weighted by molar-refractivity contribution is -0.139. The van der Waals surface area contributed by atoms with Gasteiger partial charge in [-0.3, -0.25) is 13.9 Å². The van der Waals surface area contributed by atoms with Crippen LogP contribution in [0, 0.1) is 6.92 Å². The van der Waals surface area contributed by atoms with Crippen molar-refractivity contribution in [1.82, 2.24) is 10.2 Å². The maximum Gasteiger partial charge on any atom is 0.264 e. The van der Waals surface area contributed by atoms with Crippen LogP contribution in [0.25, 0.3) is 0 Å². The van der Waals surface area contributed by atoms with Gasteiger partial charge in [-0.2, -0.15) is 0 Å². The minimum Gasteiger partial charge on any atom is -0.497 e. The Morgan fingerprint density at radius 3 is 2.23 bits per heavy atom. The molecule has 1 aliphatic rings. The standard InChI is InChI=1S/C33H41N3O7S/c1-23-13-15-27(16-14-23)36(44(39,40)29-17-18-30(42-4)31(20-29)43-5)22-32(37)35(21-25-9-8-12-28(19-25)41-3)24(2)33(38)34-26-10-6-7-11-26/h8-9,12-20,24,26H,6-7,10-11,21-22H2,1-5H3,(H,34,38). The van der Waals surface area contributed by atoms with E-state index >= 15 is 0 Å². The molecule has 44 heavy (non-hydrogen) atoms. The van der Waals surface area contributed by atoms with Crippen LogP contribution in [0.3, 0.4) is 0 Å². The summed E-state index contributed by atoms with van der Waals surface area (Å²) in [5.74, 6) is 0.399. The molecule has 2 amide bonds. The molecular weight excluding hydrogens is 582 g/mol. The molecule has 1 atom stereocenters. The van der Waals surface area contributed by atoms with Crippen molar-refractivity contribution in [3.05, 3.63) is 77.9 Å². The molecule has 1 unspecified atom stereocenters. The number of nitrogens with zero attached hydrogens (tertiary/aromatic N) is 2. The number of methoxy groups -OCH3 is 3. The second-order valence-electron chi connectivity index (χ2n) is 10.9. The van der Waals surface area contributed by atoms with Crippen molar-refractivity contribution in [2.24, 2.45) is 0 Å². The highest BCUT2D eigenvalue weighted by atomic mass is 32.2. The Morgan fingerprint density at radius 1 is 0.909 bits per heavy atom. The lowest BCUT2D eigenvalue weighted by Crippen LogP contribution is -2.52. The summed E-state index contributed by atoms with van der Waals surface area (Å²) in [4.78, 5) is 29.0. The minimum absolute atomic E-state index is 0.0632. The summed E-state index contributed by atoms with van der Waals surface area (Å²) in [6.07, 6.45) is 3.89. The quantitative estimate of drug-likeness (QED) is 0.294. The van der Waals surface area contributed by atoms with Gasteiger partial charge in [0.25, 0.3) is 10.0 Å². The summed E-state index contributed by atoms with van der Waals surface area (Å²) >= 11 is 0. The van der Waals surface area contributed by atoms with Gasteiger partial charge in [-0.25, -0.2) is 8.42 Å². The number of aryl methyl sites for hydroxylation is 1. The molecule has 0 aliphatic heterocycles. The maximum atomic E-state index is 14.2. The minimum atomic E-state index is -4.27. The van der Waals surface area contributed by atoms with Crippen molar-refractivity contribution in [3.8, 4) is 17.2 Å². The van der Waals surface area contributed by atoms with E-state index in [2.05, 4.69) is 5.32 Å². The monoisotopic (exact) mass is 623 g/mol. The van der Waals surface area contributed by atoms with E-state index in [1.807, 2.05) is 13.0 Å². The highest BCUT2D eigenvalue weighted by Crippen LogP contribution is 2.32. The summed E-state index contributed by atoms with van der Waals surface area (Å²) in [7, 11) is 0.165. The Kier molecular flexibility index (Phi) is 10.7. The zero-order valence-corrected chi connectivity index (χ0v) is 26.7. The Morgan fingerprint density at radius 2 is 1.59 bits per heavy atom. The molecule has 0 bridgehead atoms. The number of nitrogens with one attached hydrogen (secondary N) is 1. The number of hydrogen-bond donors (Lipinski definition) is 1. The predicted octanol–water partition coefficient (Wildman–Crippen LogP) is 4.69. The molecule has 1 saturated carbocycles. The molecule has 3 aromatic rings. The number of hydrogen-bond acceptors (Lipinski definition) is 7. The second-order valence-corrected chi connectivity index (χ2v) is 12.8. The van der Waals surface area contributed by atoms with Crippen LogP contribution < -0.4 is 23.8 Å². The first-order chi connectivity index (χ1) is 21.1. The fourth-order valence-electron chi connectivity index (χ4n) is 5.29. The third-order valence-corrected chi connectivity index (χ3v) is 9.67. The van der Waals surface area contributed by atoms with E-state index in [4.69, 9.17) is 14.2 Å². The van der Waals surface area contributed by atoms with Crippen molar-refractivity contribution < 1.29 is 32.2 Å². The smallest absolute Gasteiger partial charge is 0.264 e. The van der Waals surface area contributed by atoms with E-state index in [9.17, 15) is 18.0 Å². The van der Waals surface area contributed by atoms with Crippen LogP contribution in [0.5, 0.6) is 17.2 Å². The Labute approximate surface area is 260 Å². The Hall–Kier alpha value is -4.25. The fraction of sp³-hybridized carbons (Fsp3) is 0.394. The highest BCUT2D eigenvalue weighted by molar-refractivity contribution is 7.92. The van der Waals surface area contributed by atoms with Crippen LogP contribution in [0.2, 0.25) is 0 Å². The second kappa shape index (κ2) is 14.5. The molecule has 1 fully saturated rings. The first-order valence-electron chi connectivity index (χ1n) is 14.6. The summed E-state index contributed by atoms with van der Waals surface area (Å²) in [6, 6.07) is 17.6. The molecule has 3 aromatic carbocycles.